The van der Waals surface area contributed by atoms with Gasteiger partial charge >= 0.3 is 0 Å². The van der Waals surface area contributed by atoms with E-state index in [1.54, 1.807) is 13.2 Å². The minimum atomic E-state index is -0.233. The lowest BCUT2D eigenvalue weighted by Gasteiger charge is -2.20. The van der Waals surface area contributed by atoms with Crippen LogP contribution in [0.4, 0.5) is 0 Å². The Labute approximate surface area is 94.7 Å². The summed E-state index contributed by atoms with van der Waals surface area (Å²) in [5, 5.41) is 1.01. The van der Waals surface area contributed by atoms with Gasteiger partial charge in [-0.2, -0.15) is 0 Å². The molecule has 0 radical (unpaired) electrons. The maximum Gasteiger partial charge on any atom is 0.151 e. The minimum Gasteiger partial charge on any atom is -0.464 e. The number of hydrogen-bond donors (Lipinski definition) is 0. The van der Waals surface area contributed by atoms with E-state index in [0.717, 1.165) is 16.5 Å². The predicted octanol–water partition coefficient (Wildman–Crippen LogP) is 2.62. The van der Waals surface area contributed by atoms with E-state index in [4.69, 9.17) is 4.42 Å². The molecule has 0 fully saturated rings. The lowest BCUT2D eigenvalue weighted by Crippen LogP contribution is -2.25. The first-order valence-corrected chi connectivity index (χ1v) is 5.24. The molecule has 0 saturated heterocycles. The van der Waals surface area contributed by atoms with Crippen molar-refractivity contribution in [2.24, 2.45) is 0 Å². The van der Waals surface area contributed by atoms with Gasteiger partial charge < -0.3 is 4.42 Å². The number of carbonyl (C=O) groups excluding carboxylic acids is 1. The molecule has 0 aliphatic heterocycles. The molecule has 0 saturated carbocycles. The number of likely N-dealkylation sites (N-methyl/N-ethyl adjacent to an activating group) is 1. The lowest BCUT2D eigenvalue weighted by molar-refractivity contribution is -0.121. The number of Topliss-reactive ketones (excluding diaryl/α,β-unsaturated/α-hetero) is 1. The molecule has 3 nitrogen and oxygen atoms in total. The Bertz CT molecular complexity index is 513. The molecule has 1 heterocycles. The summed E-state index contributed by atoms with van der Waals surface area (Å²) in [5.74, 6) is 0.122. The SMILES string of the molecule is CC(=O)C(c1coc2ccccc12)N(C)C. The molecule has 0 spiro atoms. The molecule has 84 valence electrons. The zero-order valence-corrected chi connectivity index (χ0v) is 9.73. The zero-order chi connectivity index (χ0) is 11.7. The van der Waals surface area contributed by atoms with Gasteiger partial charge in [0.2, 0.25) is 0 Å². The van der Waals surface area contributed by atoms with E-state index in [1.807, 2.05) is 43.3 Å². The van der Waals surface area contributed by atoms with Crippen molar-refractivity contribution in [2.45, 2.75) is 13.0 Å². The number of ketones is 1. The topological polar surface area (TPSA) is 33.5 Å². The third-order valence-corrected chi connectivity index (χ3v) is 2.71. The third kappa shape index (κ3) is 1.74. The van der Waals surface area contributed by atoms with E-state index in [0.29, 0.717) is 0 Å². The summed E-state index contributed by atoms with van der Waals surface area (Å²) in [6.45, 7) is 1.60. The normalized spacial score (nSPS) is 13.2. The predicted molar refractivity (Wildman–Crippen MR) is 63.3 cm³/mol. The van der Waals surface area contributed by atoms with E-state index >= 15 is 0 Å². The maximum absolute atomic E-state index is 11.6. The van der Waals surface area contributed by atoms with Crippen molar-refractivity contribution < 1.29 is 9.21 Å². The number of benzene rings is 1. The molecule has 0 aliphatic rings. The molecule has 2 aromatic rings. The molecule has 0 bridgehead atoms. The number of hydrogen-bond acceptors (Lipinski definition) is 3. The van der Waals surface area contributed by atoms with Crippen LogP contribution in [-0.2, 0) is 4.79 Å². The highest BCUT2D eigenvalue weighted by Crippen LogP contribution is 2.29. The Morgan fingerprint density at radius 1 is 1.31 bits per heavy atom. The quantitative estimate of drug-likeness (QED) is 0.792. The molecule has 1 aromatic heterocycles. The Hall–Kier alpha value is -1.61. The second-order valence-electron chi connectivity index (χ2n) is 4.16. The van der Waals surface area contributed by atoms with Gasteiger partial charge in [0.15, 0.2) is 5.78 Å². The molecule has 2 rings (SSSR count). The van der Waals surface area contributed by atoms with Crippen LogP contribution in [0.25, 0.3) is 11.0 Å². The molecular formula is C13H15NO2. The van der Waals surface area contributed by atoms with Crippen LogP contribution in [0.3, 0.4) is 0 Å². The van der Waals surface area contributed by atoms with Crippen LogP contribution in [0.15, 0.2) is 34.9 Å². The average molecular weight is 217 g/mol. The fraction of sp³-hybridized carbons (Fsp3) is 0.308. The summed E-state index contributed by atoms with van der Waals surface area (Å²) < 4.78 is 5.45. The minimum absolute atomic E-state index is 0.122. The summed E-state index contributed by atoms with van der Waals surface area (Å²) in [7, 11) is 3.79. The van der Waals surface area contributed by atoms with Crippen molar-refractivity contribution in [3.63, 3.8) is 0 Å². The monoisotopic (exact) mass is 217 g/mol. The number of carbonyl (C=O) groups is 1. The van der Waals surface area contributed by atoms with Gasteiger partial charge in [0.1, 0.15) is 5.58 Å². The largest absolute Gasteiger partial charge is 0.464 e. The molecule has 1 atom stereocenters. The van der Waals surface area contributed by atoms with Gasteiger partial charge in [-0.25, -0.2) is 0 Å². The lowest BCUT2D eigenvalue weighted by atomic mass is 10.0. The molecule has 0 N–H and O–H groups in total. The molecule has 3 heteroatoms. The first-order chi connectivity index (χ1) is 7.61. The van der Waals surface area contributed by atoms with Gasteiger partial charge in [-0.1, -0.05) is 18.2 Å². The molecule has 1 unspecified atom stereocenters. The molecular weight excluding hydrogens is 202 g/mol. The fourth-order valence-electron chi connectivity index (χ4n) is 2.07. The summed E-state index contributed by atoms with van der Waals surface area (Å²) in [6.07, 6.45) is 1.68. The van der Waals surface area contributed by atoms with Crippen LogP contribution < -0.4 is 0 Å². The van der Waals surface area contributed by atoms with Crippen LogP contribution in [0.2, 0.25) is 0 Å². The Balaban J connectivity index is 2.57. The number of nitrogens with zero attached hydrogens (tertiary/aromatic N) is 1. The number of furan rings is 1. The summed E-state index contributed by atoms with van der Waals surface area (Å²) in [6, 6.07) is 7.53. The Morgan fingerprint density at radius 2 is 2.00 bits per heavy atom. The van der Waals surface area contributed by atoms with Crippen molar-refractivity contribution in [1.29, 1.82) is 0 Å². The number of rotatable bonds is 3. The second kappa shape index (κ2) is 4.10. The summed E-state index contributed by atoms with van der Waals surface area (Å²) >= 11 is 0. The van der Waals surface area contributed by atoms with Crippen LogP contribution in [-0.4, -0.2) is 24.8 Å². The Kier molecular flexibility index (Phi) is 2.79. The molecule has 1 aromatic carbocycles. The maximum atomic E-state index is 11.6. The van der Waals surface area contributed by atoms with Crippen molar-refractivity contribution in [1.82, 2.24) is 4.90 Å². The van der Waals surface area contributed by atoms with Gasteiger partial charge in [0, 0.05) is 10.9 Å². The summed E-state index contributed by atoms with van der Waals surface area (Å²) in [4.78, 5) is 13.5. The molecule has 0 aliphatic carbocycles. The van der Waals surface area contributed by atoms with Crippen molar-refractivity contribution in [3.05, 3.63) is 36.1 Å². The Morgan fingerprint density at radius 3 is 2.62 bits per heavy atom. The smallest absolute Gasteiger partial charge is 0.151 e. The van der Waals surface area contributed by atoms with Gasteiger partial charge in [0.25, 0.3) is 0 Å². The van der Waals surface area contributed by atoms with Crippen molar-refractivity contribution in [2.75, 3.05) is 14.1 Å². The van der Waals surface area contributed by atoms with Gasteiger partial charge in [0.05, 0.1) is 12.3 Å². The van der Waals surface area contributed by atoms with Crippen molar-refractivity contribution in [3.8, 4) is 0 Å². The number of fused-ring (bicyclic) bond motifs is 1. The average Bonchev–Trinajstić information content (AvgIpc) is 2.61. The van der Waals surface area contributed by atoms with Crippen LogP contribution in [0.5, 0.6) is 0 Å². The van der Waals surface area contributed by atoms with Crippen molar-refractivity contribution >= 4 is 16.8 Å². The highest BCUT2D eigenvalue weighted by atomic mass is 16.3. The van der Waals surface area contributed by atoms with E-state index in [9.17, 15) is 4.79 Å². The highest BCUT2D eigenvalue weighted by Gasteiger charge is 2.22. The van der Waals surface area contributed by atoms with Crippen LogP contribution >= 0.6 is 0 Å². The van der Waals surface area contributed by atoms with Gasteiger partial charge in [-0.05, 0) is 27.1 Å². The van der Waals surface area contributed by atoms with Gasteiger partial charge in [-0.15, -0.1) is 0 Å². The fourth-order valence-corrected chi connectivity index (χ4v) is 2.07. The first-order valence-electron chi connectivity index (χ1n) is 5.24. The third-order valence-electron chi connectivity index (χ3n) is 2.71. The van der Waals surface area contributed by atoms with Crippen LogP contribution in [0, 0.1) is 0 Å². The zero-order valence-electron chi connectivity index (χ0n) is 9.73. The van der Waals surface area contributed by atoms with E-state index in [2.05, 4.69) is 0 Å². The molecule has 16 heavy (non-hydrogen) atoms. The number of para-hydroxylation sites is 1. The van der Waals surface area contributed by atoms with Crippen LogP contribution in [0.1, 0.15) is 18.5 Å². The van der Waals surface area contributed by atoms with E-state index < -0.39 is 0 Å². The standard InChI is InChI=1S/C13H15NO2/c1-9(15)13(14(2)3)11-8-16-12-7-5-4-6-10(11)12/h4-8,13H,1-3H3. The molecule has 0 amide bonds. The summed E-state index contributed by atoms with van der Waals surface area (Å²) in [5.41, 5.74) is 1.76. The van der Waals surface area contributed by atoms with Gasteiger partial charge in [-0.3, -0.25) is 9.69 Å². The van der Waals surface area contributed by atoms with E-state index in [1.165, 1.54) is 0 Å². The highest BCUT2D eigenvalue weighted by molar-refractivity contribution is 5.90. The first kappa shape index (κ1) is 10.9. The van der Waals surface area contributed by atoms with E-state index in [-0.39, 0.29) is 11.8 Å². The second-order valence-corrected chi connectivity index (χ2v) is 4.16.